The highest BCUT2D eigenvalue weighted by Crippen LogP contribution is 2.36. The largest absolute Gasteiger partial charge is 0.417 e. The minimum Gasteiger partial charge on any atom is -0.417 e. The van der Waals surface area contributed by atoms with Crippen molar-refractivity contribution in [3.63, 3.8) is 0 Å². The third-order valence-corrected chi connectivity index (χ3v) is 9.96. The fraction of sp³-hybridized carbons (Fsp3) is 0.737. The third kappa shape index (κ3) is 5.13. The Morgan fingerprint density at radius 3 is 2.83 bits per heavy atom. The van der Waals surface area contributed by atoms with Crippen LogP contribution in [-0.2, 0) is 10.8 Å². The number of rotatable bonds is 7. The van der Waals surface area contributed by atoms with Gasteiger partial charge in [-0.2, -0.15) is 0 Å². The van der Waals surface area contributed by atoms with Crippen molar-refractivity contribution < 1.29 is 4.43 Å². The van der Waals surface area contributed by atoms with Crippen molar-refractivity contribution in [2.45, 2.75) is 77.0 Å². The average molecular weight is 335 g/mol. The Hall–Kier alpha value is -0.713. The molecule has 1 aromatic heterocycles. The van der Waals surface area contributed by atoms with Crippen molar-refractivity contribution in [1.82, 2.24) is 10.3 Å². The van der Waals surface area contributed by atoms with Crippen LogP contribution in [0, 0.1) is 0 Å². The molecule has 3 nitrogen and oxygen atoms in total. The molecule has 0 amide bonds. The number of aromatic nitrogens is 1. The van der Waals surface area contributed by atoms with E-state index in [-0.39, 0.29) is 0 Å². The summed E-state index contributed by atoms with van der Waals surface area (Å²) in [7, 11) is -1.58. The molecule has 1 aliphatic rings. The van der Waals surface area contributed by atoms with Crippen LogP contribution in [0.3, 0.4) is 0 Å². The van der Waals surface area contributed by atoms with Gasteiger partial charge in [0.25, 0.3) is 0 Å². The van der Waals surface area contributed by atoms with E-state index in [0.29, 0.717) is 11.1 Å². The lowest BCUT2D eigenvalue weighted by Crippen LogP contribution is -2.41. The molecule has 1 aliphatic carbocycles. The maximum atomic E-state index is 6.24. The molecule has 0 saturated heterocycles. The second-order valence-electron chi connectivity index (χ2n) is 8.26. The van der Waals surface area contributed by atoms with Gasteiger partial charge < -0.3 is 9.74 Å². The van der Waals surface area contributed by atoms with Gasteiger partial charge in [-0.15, -0.1) is 0 Å². The lowest BCUT2D eigenvalue weighted by atomic mass is 9.92. The summed E-state index contributed by atoms with van der Waals surface area (Å²) in [5.74, 6) is 0. The first-order valence-corrected chi connectivity index (χ1v) is 12.0. The fourth-order valence-electron chi connectivity index (χ4n) is 2.86. The van der Waals surface area contributed by atoms with Gasteiger partial charge in [0.15, 0.2) is 8.32 Å². The molecule has 0 aliphatic heterocycles. The number of fused-ring (bicyclic) bond motifs is 1. The summed E-state index contributed by atoms with van der Waals surface area (Å²) in [4.78, 5) is 4.59. The lowest BCUT2D eigenvalue weighted by Gasteiger charge is -2.36. The molecule has 0 fully saturated rings. The third-order valence-electron chi connectivity index (χ3n) is 5.43. The van der Waals surface area contributed by atoms with Crippen LogP contribution in [0.5, 0.6) is 0 Å². The van der Waals surface area contributed by atoms with Crippen molar-refractivity contribution in [2.24, 2.45) is 0 Å². The monoisotopic (exact) mass is 334 g/mol. The Morgan fingerprint density at radius 1 is 1.30 bits per heavy atom. The zero-order valence-corrected chi connectivity index (χ0v) is 16.6. The highest BCUT2D eigenvalue weighted by Gasteiger charge is 2.36. The summed E-state index contributed by atoms with van der Waals surface area (Å²) in [6.07, 6.45) is 7.90. The fourth-order valence-corrected chi connectivity index (χ4v) is 3.94. The molecule has 1 atom stereocenters. The Balaban J connectivity index is 1.67. The molecule has 1 N–H and O–H groups in total. The van der Waals surface area contributed by atoms with E-state index in [4.69, 9.17) is 4.43 Å². The van der Waals surface area contributed by atoms with E-state index in [0.717, 1.165) is 19.6 Å². The molecule has 2 rings (SSSR count). The minimum atomic E-state index is -1.58. The number of hydrogen-bond donors (Lipinski definition) is 1. The topological polar surface area (TPSA) is 34.1 Å². The van der Waals surface area contributed by atoms with Gasteiger partial charge in [-0.25, -0.2) is 0 Å². The maximum absolute atomic E-state index is 6.24. The van der Waals surface area contributed by atoms with Crippen molar-refractivity contribution in [1.29, 1.82) is 0 Å². The van der Waals surface area contributed by atoms with E-state index >= 15 is 0 Å². The highest BCUT2D eigenvalue weighted by molar-refractivity contribution is 6.74. The molecule has 0 radical (unpaired) electrons. The van der Waals surface area contributed by atoms with E-state index in [9.17, 15) is 0 Å². The summed E-state index contributed by atoms with van der Waals surface area (Å²) in [6.45, 7) is 13.5. The lowest BCUT2D eigenvalue weighted by molar-refractivity contribution is 0.277. The number of hydrogen-bond acceptors (Lipinski definition) is 3. The van der Waals surface area contributed by atoms with Crippen molar-refractivity contribution >= 4 is 8.32 Å². The van der Waals surface area contributed by atoms with Crippen molar-refractivity contribution in [2.75, 3.05) is 13.2 Å². The zero-order valence-electron chi connectivity index (χ0n) is 15.6. The van der Waals surface area contributed by atoms with Crippen LogP contribution in [0.25, 0.3) is 0 Å². The molecule has 0 bridgehead atoms. The second-order valence-corrected chi connectivity index (χ2v) is 13.1. The predicted octanol–water partition coefficient (Wildman–Crippen LogP) is 4.85. The summed E-state index contributed by atoms with van der Waals surface area (Å²) in [6, 6.07) is 4.73. The summed E-state index contributed by atoms with van der Waals surface area (Å²) < 4.78 is 6.24. The molecule has 130 valence electrons. The molecule has 0 unspecified atom stereocenters. The van der Waals surface area contributed by atoms with Crippen molar-refractivity contribution in [3.05, 3.63) is 29.6 Å². The average Bonchev–Trinajstić information content (AvgIpc) is 2.49. The van der Waals surface area contributed by atoms with E-state index in [2.05, 4.69) is 56.3 Å². The SMILES string of the molecule is CC(C)(C)[Si](C)(C)OCCCCN[C@H]1CCCc2cccnc21. The Kier molecular flexibility index (Phi) is 6.40. The standard InChI is InChI=1S/C19H34N2OSi/c1-19(2,3)23(4,5)22-15-7-6-13-20-17-12-8-10-16-11-9-14-21-18(16)17/h9,11,14,17,20H,6-8,10,12-13,15H2,1-5H3/t17-/m0/s1. The Bertz CT molecular complexity index is 496. The maximum Gasteiger partial charge on any atom is 0.191 e. The van der Waals surface area contributed by atoms with Crippen LogP contribution < -0.4 is 5.32 Å². The van der Waals surface area contributed by atoms with E-state index in [1.54, 1.807) is 0 Å². The molecular weight excluding hydrogens is 300 g/mol. The van der Waals surface area contributed by atoms with E-state index in [1.165, 1.54) is 36.9 Å². The van der Waals surface area contributed by atoms with Crippen LogP contribution in [0.2, 0.25) is 18.1 Å². The number of unbranched alkanes of at least 4 members (excludes halogenated alkanes) is 1. The first-order chi connectivity index (χ1) is 10.8. The summed E-state index contributed by atoms with van der Waals surface area (Å²) in [5, 5.41) is 4.01. The number of aryl methyl sites for hydroxylation is 1. The number of pyridine rings is 1. The van der Waals surface area contributed by atoms with Crippen molar-refractivity contribution in [3.8, 4) is 0 Å². The van der Waals surface area contributed by atoms with E-state index in [1.807, 2.05) is 6.20 Å². The smallest absolute Gasteiger partial charge is 0.191 e. The van der Waals surface area contributed by atoms with Gasteiger partial charge in [0.1, 0.15) is 0 Å². The van der Waals surface area contributed by atoms with Crippen LogP contribution in [-0.4, -0.2) is 26.5 Å². The van der Waals surface area contributed by atoms with Gasteiger partial charge >= 0.3 is 0 Å². The van der Waals surface area contributed by atoms with Gasteiger partial charge in [0.2, 0.25) is 0 Å². The molecule has 1 aromatic rings. The normalized spacial score (nSPS) is 18.7. The first-order valence-electron chi connectivity index (χ1n) is 9.12. The Morgan fingerprint density at radius 2 is 2.09 bits per heavy atom. The first kappa shape index (κ1) is 18.6. The molecule has 0 aromatic carbocycles. The van der Waals surface area contributed by atoms with Gasteiger partial charge in [0.05, 0.1) is 5.69 Å². The second kappa shape index (κ2) is 7.91. The van der Waals surface area contributed by atoms with Crippen LogP contribution >= 0.6 is 0 Å². The summed E-state index contributed by atoms with van der Waals surface area (Å²) >= 11 is 0. The molecular formula is C19H34N2OSi. The minimum absolute atomic E-state index is 0.308. The number of nitrogens with zero attached hydrogens (tertiary/aromatic N) is 1. The molecule has 23 heavy (non-hydrogen) atoms. The Labute approximate surface area is 143 Å². The number of nitrogens with one attached hydrogen (secondary N) is 1. The summed E-state index contributed by atoms with van der Waals surface area (Å²) in [5.41, 5.74) is 2.70. The van der Waals surface area contributed by atoms with Gasteiger partial charge in [0, 0.05) is 18.8 Å². The quantitative estimate of drug-likeness (QED) is 0.571. The van der Waals surface area contributed by atoms with Gasteiger partial charge in [-0.05, 0) is 68.4 Å². The van der Waals surface area contributed by atoms with Gasteiger partial charge in [-0.1, -0.05) is 26.8 Å². The van der Waals surface area contributed by atoms with Crippen LogP contribution in [0.4, 0.5) is 0 Å². The molecule has 0 spiro atoms. The van der Waals surface area contributed by atoms with Crippen LogP contribution in [0.1, 0.15) is 63.8 Å². The molecule has 4 heteroatoms. The van der Waals surface area contributed by atoms with E-state index < -0.39 is 8.32 Å². The zero-order chi connectivity index (χ0) is 16.9. The molecule has 0 saturated carbocycles. The molecule has 1 heterocycles. The van der Waals surface area contributed by atoms with Crippen LogP contribution in [0.15, 0.2) is 18.3 Å². The predicted molar refractivity (Wildman–Crippen MR) is 100 cm³/mol. The van der Waals surface area contributed by atoms with Gasteiger partial charge in [-0.3, -0.25) is 4.98 Å². The highest BCUT2D eigenvalue weighted by atomic mass is 28.4.